The second kappa shape index (κ2) is 10.5. The maximum absolute atomic E-state index is 13.6. The molecule has 2 fully saturated rings. The normalized spacial score (nSPS) is 19.6. The summed E-state index contributed by atoms with van der Waals surface area (Å²) in [5.41, 5.74) is 1.29. The zero-order valence-corrected chi connectivity index (χ0v) is 24.1. The van der Waals surface area contributed by atoms with Gasteiger partial charge in [-0.1, -0.05) is 23.7 Å². The molecule has 212 valence electrons. The first-order valence-electron chi connectivity index (χ1n) is 13.3. The molecule has 2 aromatic carbocycles. The number of aromatic nitrogens is 2. The van der Waals surface area contributed by atoms with Crippen molar-refractivity contribution in [2.75, 3.05) is 36.8 Å². The van der Waals surface area contributed by atoms with Gasteiger partial charge in [0.2, 0.25) is 15.8 Å². The molecule has 0 atom stereocenters. The Morgan fingerprint density at radius 3 is 2.48 bits per heavy atom. The van der Waals surface area contributed by atoms with Crippen LogP contribution in [0.25, 0.3) is 5.69 Å². The Labute approximate surface area is 238 Å². The minimum absolute atomic E-state index is 0.000104. The molecule has 0 spiro atoms. The van der Waals surface area contributed by atoms with Crippen LogP contribution in [-0.2, 0) is 26.3 Å². The molecule has 3 aliphatic rings. The maximum Gasteiger partial charge on any atom is 0.316 e. The summed E-state index contributed by atoms with van der Waals surface area (Å²) in [6.45, 7) is 0.941. The van der Waals surface area contributed by atoms with E-state index >= 15 is 0 Å². The fourth-order valence-electron chi connectivity index (χ4n) is 5.59. The number of nitrogens with zero attached hydrogens (tertiary/aromatic N) is 4. The van der Waals surface area contributed by atoms with Crippen LogP contribution in [0.3, 0.4) is 0 Å². The van der Waals surface area contributed by atoms with Crippen LogP contribution in [0.5, 0.6) is 5.75 Å². The van der Waals surface area contributed by atoms with Gasteiger partial charge < -0.3 is 9.64 Å². The molecular formula is C27H29ClN4O6S2. The predicted octanol–water partition coefficient (Wildman–Crippen LogP) is 3.05. The van der Waals surface area contributed by atoms with Crippen molar-refractivity contribution >= 4 is 37.1 Å². The molecule has 3 heterocycles. The van der Waals surface area contributed by atoms with Gasteiger partial charge in [-0.15, -0.1) is 0 Å². The smallest absolute Gasteiger partial charge is 0.316 e. The molecule has 0 bridgehead atoms. The van der Waals surface area contributed by atoms with Crippen LogP contribution in [0.4, 0.5) is 5.69 Å². The minimum Gasteiger partial charge on any atom is -0.483 e. The second-order valence-corrected chi connectivity index (χ2v) is 14.8. The van der Waals surface area contributed by atoms with Gasteiger partial charge in [-0.2, -0.15) is 14.1 Å². The number of aryl methyl sites for hydroxylation is 1. The van der Waals surface area contributed by atoms with Crippen LogP contribution in [0, 0.1) is 0 Å². The highest BCUT2D eigenvalue weighted by atomic mass is 35.5. The molecule has 6 rings (SSSR count). The van der Waals surface area contributed by atoms with Gasteiger partial charge in [-0.05, 0) is 68.0 Å². The molecule has 0 unspecified atom stereocenters. The quantitative estimate of drug-likeness (QED) is 0.421. The topological polar surface area (TPSA) is 119 Å². The summed E-state index contributed by atoms with van der Waals surface area (Å²) in [4.78, 5) is 15.6. The molecule has 0 N–H and O–H groups in total. The Bertz CT molecular complexity index is 1730. The van der Waals surface area contributed by atoms with Gasteiger partial charge in [0.05, 0.1) is 33.5 Å². The van der Waals surface area contributed by atoms with Gasteiger partial charge in [0.25, 0.3) is 0 Å². The number of anilines is 1. The zero-order valence-electron chi connectivity index (χ0n) is 21.7. The van der Waals surface area contributed by atoms with E-state index < -0.39 is 25.4 Å². The Morgan fingerprint density at radius 2 is 1.75 bits per heavy atom. The molecular weight excluding hydrogens is 576 g/mol. The average Bonchev–Trinajstić information content (AvgIpc) is 3.57. The number of benzene rings is 2. The van der Waals surface area contributed by atoms with Crippen molar-refractivity contribution in [2.24, 2.45) is 0 Å². The summed E-state index contributed by atoms with van der Waals surface area (Å²) in [6, 6.07) is 11.2. The Morgan fingerprint density at radius 1 is 1.00 bits per heavy atom. The van der Waals surface area contributed by atoms with Gasteiger partial charge in [-0.3, -0.25) is 4.79 Å². The van der Waals surface area contributed by atoms with Crippen molar-refractivity contribution in [3.05, 3.63) is 69.6 Å². The molecule has 1 saturated carbocycles. The van der Waals surface area contributed by atoms with Crippen molar-refractivity contribution in [3.8, 4) is 11.4 Å². The minimum atomic E-state index is -3.91. The van der Waals surface area contributed by atoms with Gasteiger partial charge in [0.1, 0.15) is 5.69 Å². The summed E-state index contributed by atoms with van der Waals surface area (Å²) in [5, 5.41) is 4.88. The third kappa shape index (κ3) is 5.02. The molecule has 2 aliphatic heterocycles. The molecule has 3 aromatic rings. The van der Waals surface area contributed by atoms with E-state index in [9.17, 15) is 21.6 Å². The van der Waals surface area contributed by atoms with Crippen molar-refractivity contribution in [1.82, 2.24) is 14.1 Å². The molecule has 1 aromatic heterocycles. The monoisotopic (exact) mass is 604 g/mol. The van der Waals surface area contributed by atoms with E-state index in [4.69, 9.17) is 16.3 Å². The van der Waals surface area contributed by atoms with Crippen molar-refractivity contribution in [3.63, 3.8) is 0 Å². The lowest BCUT2D eigenvalue weighted by Crippen LogP contribution is -2.49. The predicted molar refractivity (Wildman–Crippen MR) is 151 cm³/mol. The highest BCUT2D eigenvalue weighted by Gasteiger charge is 2.34. The van der Waals surface area contributed by atoms with E-state index in [-0.39, 0.29) is 40.5 Å². The van der Waals surface area contributed by atoms with Crippen LogP contribution in [0.15, 0.2) is 63.2 Å². The second-order valence-electron chi connectivity index (χ2n) is 10.3. The Kier molecular flexibility index (Phi) is 7.14. The Balaban J connectivity index is 1.27. The average molecular weight is 605 g/mol. The first kappa shape index (κ1) is 27.3. The first-order valence-corrected chi connectivity index (χ1v) is 16.8. The molecule has 0 radical (unpaired) electrons. The number of halogens is 1. The molecule has 1 saturated heterocycles. The number of ether oxygens (including phenoxy) is 1. The van der Waals surface area contributed by atoms with Gasteiger partial charge in [-0.25, -0.2) is 16.8 Å². The van der Waals surface area contributed by atoms with Gasteiger partial charge in [0.15, 0.2) is 9.84 Å². The summed E-state index contributed by atoms with van der Waals surface area (Å²) in [6.07, 6.45) is 5.71. The number of sulfonamides is 1. The molecule has 0 amide bonds. The number of rotatable bonds is 6. The third-order valence-corrected chi connectivity index (χ3v) is 11.7. The number of piperazine rings is 1. The van der Waals surface area contributed by atoms with E-state index in [0.717, 1.165) is 25.7 Å². The third-order valence-electron chi connectivity index (χ3n) is 7.79. The van der Waals surface area contributed by atoms with Crippen LogP contribution in [0.1, 0.15) is 31.2 Å². The largest absolute Gasteiger partial charge is 0.483 e. The lowest BCUT2D eigenvalue weighted by Gasteiger charge is -2.36. The molecule has 13 heteroatoms. The Hall–Kier alpha value is -2.93. The van der Waals surface area contributed by atoms with Crippen LogP contribution < -0.4 is 15.2 Å². The lowest BCUT2D eigenvalue weighted by molar-refractivity contribution is 0.205. The SMILES string of the molecule is O=c1c(OC2CCCC2)c(N2CCN(S(=O)(=O)c3ccc4c(c3)S(=O)(=O)CC4)CC2)cnn1-c1cccc(Cl)c1. The summed E-state index contributed by atoms with van der Waals surface area (Å²) in [5.74, 6) is 0.196. The van der Waals surface area contributed by atoms with Gasteiger partial charge >= 0.3 is 5.56 Å². The fourth-order valence-corrected chi connectivity index (χ4v) is 8.89. The molecule has 1 aliphatic carbocycles. The van der Waals surface area contributed by atoms with E-state index in [1.54, 1.807) is 36.5 Å². The molecule has 40 heavy (non-hydrogen) atoms. The van der Waals surface area contributed by atoms with Crippen LogP contribution >= 0.6 is 11.6 Å². The van der Waals surface area contributed by atoms with Crippen molar-refractivity contribution in [1.29, 1.82) is 0 Å². The highest BCUT2D eigenvalue weighted by molar-refractivity contribution is 7.92. The van der Waals surface area contributed by atoms with E-state index in [0.29, 0.717) is 41.5 Å². The van der Waals surface area contributed by atoms with E-state index in [1.165, 1.54) is 21.1 Å². The summed E-state index contributed by atoms with van der Waals surface area (Å²) in [7, 11) is -7.37. The maximum atomic E-state index is 13.6. The van der Waals surface area contributed by atoms with Gasteiger partial charge in [0, 0.05) is 31.2 Å². The highest BCUT2D eigenvalue weighted by Crippen LogP contribution is 2.32. The zero-order chi connectivity index (χ0) is 28.1. The van der Waals surface area contributed by atoms with Crippen LogP contribution in [0.2, 0.25) is 5.02 Å². The van der Waals surface area contributed by atoms with Crippen molar-refractivity contribution < 1.29 is 21.6 Å². The standard InChI is InChI=1S/C27H29ClN4O6S2/c28-20-4-3-5-21(16-20)32-27(33)26(38-22-6-1-2-7-22)24(18-29-32)30-11-13-31(14-12-30)40(36,37)23-9-8-19-10-15-39(34,35)25(19)17-23/h3-5,8-9,16-18,22H,1-2,6-7,10-15H2. The summed E-state index contributed by atoms with van der Waals surface area (Å²) >= 11 is 6.15. The molecule has 10 nitrogen and oxygen atoms in total. The fraction of sp³-hybridized carbons (Fsp3) is 0.407. The number of sulfone groups is 1. The first-order chi connectivity index (χ1) is 19.1. The van der Waals surface area contributed by atoms with E-state index in [1.807, 2.05) is 4.90 Å². The number of hydrogen-bond donors (Lipinski definition) is 0. The summed E-state index contributed by atoms with van der Waals surface area (Å²) < 4.78 is 60.5. The van der Waals surface area contributed by atoms with Crippen molar-refractivity contribution in [2.45, 2.75) is 48.0 Å². The van der Waals surface area contributed by atoms with E-state index in [2.05, 4.69) is 5.10 Å². The number of hydrogen-bond acceptors (Lipinski definition) is 8. The lowest BCUT2D eigenvalue weighted by atomic mass is 10.2. The number of fused-ring (bicyclic) bond motifs is 1. The van der Waals surface area contributed by atoms with Crippen LogP contribution in [-0.4, -0.2) is 69.0 Å².